The van der Waals surface area contributed by atoms with Crippen LogP contribution in [-0.2, 0) is 52.2 Å². The van der Waals surface area contributed by atoms with E-state index in [1.807, 2.05) is 6.92 Å². The number of ether oxygens (including phenoxy) is 10. The van der Waals surface area contributed by atoms with E-state index in [1.165, 1.54) is 6.92 Å². The maximum absolute atomic E-state index is 15.0. The molecule has 0 aromatic heterocycles. The van der Waals surface area contributed by atoms with Gasteiger partial charge in [0.1, 0.15) is 104 Å². The van der Waals surface area contributed by atoms with Crippen LogP contribution in [0.1, 0.15) is 98.8 Å². The molecule has 10 aliphatic rings. The summed E-state index contributed by atoms with van der Waals surface area (Å²) in [6.45, 7) is 12.4. The summed E-state index contributed by atoms with van der Waals surface area (Å²) < 4.78 is 60.0. The molecule has 0 aromatic rings. The second kappa shape index (κ2) is 24.1. The fourth-order valence-corrected chi connectivity index (χ4v) is 16.9. The first-order valence-corrected chi connectivity index (χ1v) is 29.5. The van der Waals surface area contributed by atoms with Crippen LogP contribution in [-0.4, -0.2) is 263 Å². The van der Waals surface area contributed by atoms with E-state index in [4.69, 9.17) is 47.4 Å². The Labute approximate surface area is 481 Å². The van der Waals surface area contributed by atoms with Gasteiger partial charge in [-0.05, 0) is 99.2 Å². The Bertz CT molecular complexity index is 2330. The number of aliphatic hydroxyl groups excluding tert-OH is 15. The average Bonchev–Trinajstić information content (AvgIpc) is 0.802. The first kappa shape index (κ1) is 64.0. The van der Waals surface area contributed by atoms with Gasteiger partial charge < -0.3 is 124 Å². The SMILES string of the molecule is C=C1CC[C@]2(C(=O)O[C@@H]3O[C@H](CO[C@@H]4O[C@H](CO)[C@H](O)[C@H](O)[C@H]4O)[C@H](O)[C@H](O)[C@H]3O)CC[C@]3(C)C(=CC[C@@H]4[C@@]5(C)CC[C@H](O[C@@H]6OC[C@H](O)[C@H](O[C@@H]7OC[C@H](O)[C@H](O)[C@H]7O)[C@H]6O[C@@H]6O[C@@H](C)[C@H](O)[C@@H](O)[C@H]6O)[C@@](C)(CO)[C@@H]5CC[C@]43C)[C@@H]2C1. The van der Waals surface area contributed by atoms with E-state index in [-0.39, 0.29) is 41.8 Å². The number of esters is 1. The summed E-state index contributed by atoms with van der Waals surface area (Å²) >= 11 is 0. The van der Waals surface area contributed by atoms with E-state index in [1.54, 1.807) is 0 Å². The summed E-state index contributed by atoms with van der Waals surface area (Å²) in [5, 5.41) is 161. The highest BCUT2D eigenvalue weighted by atomic mass is 16.8. The highest BCUT2D eigenvalue weighted by Crippen LogP contribution is 2.75. The van der Waals surface area contributed by atoms with Crippen molar-refractivity contribution in [1.29, 1.82) is 0 Å². The molecule has 5 aliphatic carbocycles. The van der Waals surface area contributed by atoms with Crippen molar-refractivity contribution in [3.05, 3.63) is 23.8 Å². The molecule has 5 aliphatic heterocycles. The average molecular weight is 1190 g/mol. The summed E-state index contributed by atoms with van der Waals surface area (Å²) in [6.07, 6.45) is -29.5. The Morgan fingerprint density at radius 2 is 1.23 bits per heavy atom. The van der Waals surface area contributed by atoms with Crippen molar-refractivity contribution < 1.29 is 129 Å². The van der Waals surface area contributed by atoms with Gasteiger partial charge in [0, 0.05) is 11.3 Å². The Hall–Kier alpha value is -2.01. The maximum atomic E-state index is 15.0. The lowest BCUT2D eigenvalue weighted by atomic mass is 9.34. The van der Waals surface area contributed by atoms with Crippen LogP contribution in [0.4, 0.5) is 0 Å². The van der Waals surface area contributed by atoms with Crippen LogP contribution in [0, 0.1) is 44.8 Å². The first-order chi connectivity index (χ1) is 39.1. The molecular weight excluding hydrogens is 1100 g/mol. The molecule has 10 rings (SSSR count). The van der Waals surface area contributed by atoms with E-state index in [0.29, 0.717) is 57.8 Å². The van der Waals surface area contributed by atoms with Crippen molar-refractivity contribution in [1.82, 2.24) is 0 Å². The molecule has 474 valence electrons. The first-order valence-electron chi connectivity index (χ1n) is 29.5. The lowest BCUT2D eigenvalue weighted by Gasteiger charge is -2.71. The van der Waals surface area contributed by atoms with Crippen molar-refractivity contribution >= 4 is 5.97 Å². The third kappa shape index (κ3) is 10.7. The smallest absolute Gasteiger partial charge is 0.315 e. The van der Waals surface area contributed by atoms with Crippen LogP contribution in [0.25, 0.3) is 0 Å². The lowest BCUT2D eigenvalue weighted by Crippen LogP contribution is -2.67. The van der Waals surface area contributed by atoms with E-state index in [9.17, 15) is 76.6 Å². The molecule has 15 N–H and O–H groups in total. The Kier molecular flexibility index (Phi) is 18.6. The summed E-state index contributed by atoms with van der Waals surface area (Å²) in [7, 11) is 0. The topological polar surface area (TPSA) is 413 Å². The fraction of sp³-hybridized carbons (Fsp3) is 0.912. The molecule has 0 aromatic carbocycles. The normalized spacial score (nSPS) is 54.8. The van der Waals surface area contributed by atoms with Gasteiger partial charge in [-0.1, -0.05) is 51.5 Å². The van der Waals surface area contributed by atoms with Gasteiger partial charge >= 0.3 is 5.97 Å². The molecule has 32 atom stereocenters. The molecule has 5 heterocycles. The Morgan fingerprint density at radius 3 is 1.93 bits per heavy atom. The van der Waals surface area contributed by atoms with Gasteiger partial charge in [-0.2, -0.15) is 0 Å². The third-order valence-corrected chi connectivity index (χ3v) is 22.3. The molecule has 0 radical (unpaired) electrons. The minimum Gasteiger partial charge on any atom is -0.432 e. The van der Waals surface area contributed by atoms with E-state index in [0.717, 1.165) is 17.6 Å². The second-order valence-corrected chi connectivity index (χ2v) is 26.6. The van der Waals surface area contributed by atoms with Gasteiger partial charge in [0.15, 0.2) is 25.2 Å². The van der Waals surface area contributed by atoms with Crippen LogP contribution in [0.5, 0.6) is 0 Å². The molecule has 9 fully saturated rings. The zero-order valence-corrected chi connectivity index (χ0v) is 47.7. The molecule has 4 saturated carbocycles. The van der Waals surface area contributed by atoms with Crippen LogP contribution >= 0.6 is 0 Å². The minimum absolute atomic E-state index is 0.0702. The van der Waals surface area contributed by atoms with Crippen LogP contribution in [0.3, 0.4) is 0 Å². The quantitative estimate of drug-likeness (QED) is 0.0485. The summed E-state index contributed by atoms with van der Waals surface area (Å²) in [5.41, 5.74) is -1.10. The summed E-state index contributed by atoms with van der Waals surface area (Å²) in [6, 6.07) is 0. The van der Waals surface area contributed by atoms with Crippen molar-refractivity contribution in [2.24, 2.45) is 44.8 Å². The second-order valence-electron chi connectivity index (χ2n) is 26.6. The van der Waals surface area contributed by atoms with E-state index < -0.39 is 189 Å². The van der Waals surface area contributed by atoms with Gasteiger partial charge in [-0.25, -0.2) is 0 Å². The van der Waals surface area contributed by atoms with Gasteiger partial charge in [0.25, 0.3) is 0 Å². The number of rotatable bonds is 13. The highest BCUT2D eigenvalue weighted by Gasteiger charge is 2.70. The standard InChI is InChI=1S/C57H90O26/c1-23-9-14-57(52(73)83-50-44(72)40(68)37(65)30(79-50)21-76-47-42(70)39(67)36(64)29(18-58)78-47)16-15-55(5)25(26(57)17-23)7-8-32-53(3)12-11-33(54(4,22-59)31(53)10-13-56(32,55)6)80-51-46(82-49-43(71)38(66)34(62)24(2)77-49)45(28(61)20-75-51)81-48-41(69)35(63)27(60)19-74-48/h7,24,26-51,58-72H,1,8-22H2,2-6H3/t24-,26-,27-,28-,29+,30+,31+,32+,33-,34-,35-,36-,37-,38+,39-,40-,41+,42+,43+,44+,45-,46+,47+,48-,49-,50-,51-,53-,54-,55+,56+,57-/m0/s1. The molecule has 0 spiro atoms. The fourth-order valence-electron chi connectivity index (χ4n) is 16.9. The Morgan fingerprint density at radius 1 is 0.614 bits per heavy atom. The predicted molar refractivity (Wildman–Crippen MR) is 279 cm³/mol. The van der Waals surface area contributed by atoms with Crippen LogP contribution in [0.2, 0.25) is 0 Å². The van der Waals surface area contributed by atoms with Gasteiger partial charge in [-0.15, -0.1) is 0 Å². The number of hydrogen-bond donors (Lipinski definition) is 15. The maximum Gasteiger partial charge on any atom is 0.315 e. The van der Waals surface area contributed by atoms with Gasteiger partial charge in [0.05, 0.1) is 50.7 Å². The molecule has 0 bridgehead atoms. The molecular formula is C57H90O26. The van der Waals surface area contributed by atoms with Crippen LogP contribution in [0.15, 0.2) is 23.8 Å². The van der Waals surface area contributed by atoms with Crippen molar-refractivity contribution in [3.8, 4) is 0 Å². The number of allylic oxidation sites excluding steroid dienone is 3. The van der Waals surface area contributed by atoms with E-state index >= 15 is 4.79 Å². The van der Waals surface area contributed by atoms with Gasteiger partial charge in [-0.3, -0.25) is 4.79 Å². The predicted octanol–water partition coefficient (Wildman–Crippen LogP) is -3.40. The zero-order chi connectivity index (χ0) is 60.2. The lowest BCUT2D eigenvalue weighted by molar-refractivity contribution is -0.384. The third-order valence-electron chi connectivity index (χ3n) is 22.3. The van der Waals surface area contributed by atoms with Crippen molar-refractivity contribution in [3.63, 3.8) is 0 Å². The monoisotopic (exact) mass is 1190 g/mol. The molecule has 26 nitrogen and oxygen atoms in total. The molecule has 26 heteroatoms. The molecule has 5 saturated heterocycles. The number of aliphatic hydroxyl groups is 15. The van der Waals surface area contributed by atoms with Crippen molar-refractivity contribution in [2.75, 3.05) is 33.0 Å². The van der Waals surface area contributed by atoms with Gasteiger partial charge in [0.2, 0.25) is 6.29 Å². The largest absolute Gasteiger partial charge is 0.432 e. The number of fused-ring (bicyclic) bond motifs is 7. The van der Waals surface area contributed by atoms with E-state index in [2.05, 4.69) is 33.4 Å². The highest BCUT2D eigenvalue weighted by molar-refractivity contribution is 5.79. The molecule has 0 unspecified atom stereocenters. The van der Waals surface area contributed by atoms with Crippen molar-refractivity contribution in [2.45, 2.75) is 246 Å². The number of carbonyl (C=O) groups is 1. The minimum atomic E-state index is -1.87. The Balaban J connectivity index is 0.873. The molecule has 83 heavy (non-hydrogen) atoms. The van der Waals surface area contributed by atoms with Crippen LogP contribution < -0.4 is 0 Å². The zero-order valence-electron chi connectivity index (χ0n) is 47.7. The summed E-state index contributed by atoms with van der Waals surface area (Å²) in [4.78, 5) is 15.0. The summed E-state index contributed by atoms with van der Waals surface area (Å²) in [5.74, 6) is -1.07. The number of carbonyl (C=O) groups excluding carboxylic acids is 1. The molecule has 0 amide bonds. The number of hydrogen-bond acceptors (Lipinski definition) is 26.